The van der Waals surface area contributed by atoms with E-state index in [-0.39, 0.29) is 16.4 Å². The van der Waals surface area contributed by atoms with Gasteiger partial charge < -0.3 is 0 Å². The largest absolute Gasteiger partial charge is 0.270 e. The van der Waals surface area contributed by atoms with Crippen LogP contribution in [0.2, 0.25) is 5.02 Å². The van der Waals surface area contributed by atoms with Gasteiger partial charge in [-0.3, -0.25) is 20.2 Å². The van der Waals surface area contributed by atoms with Crippen molar-refractivity contribution >= 4 is 38.9 Å². The van der Waals surface area contributed by atoms with E-state index in [9.17, 15) is 20.2 Å². The van der Waals surface area contributed by atoms with Gasteiger partial charge in [0.2, 0.25) is 0 Å². The summed E-state index contributed by atoms with van der Waals surface area (Å²) in [5, 5.41) is 21.5. The molecule has 8 heteroatoms. The van der Waals surface area contributed by atoms with E-state index in [2.05, 4.69) is 15.9 Å². The Bertz CT molecular complexity index is 659. The van der Waals surface area contributed by atoms with Crippen LogP contribution in [-0.2, 0) is 0 Å². The van der Waals surface area contributed by atoms with E-state index < -0.39 is 9.85 Å². The maximum Gasteiger partial charge on any atom is 0.270 e. The summed E-state index contributed by atoms with van der Waals surface area (Å²) in [5.41, 5.74) is 1.00. The Kier molecular flexibility index (Phi) is 4.01. The lowest BCUT2D eigenvalue weighted by atomic mass is 10.0. The molecular formula is C12H6BrClN2O4. The SMILES string of the molecule is O=[N+]([O-])c1ccc(-c2ccc([N+](=O)[O-])cc2Br)c(Cl)c1. The lowest BCUT2D eigenvalue weighted by molar-refractivity contribution is -0.385. The highest BCUT2D eigenvalue weighted by Crippen LogP contribution is 2.36. The number of non-ortho nitro benzene ring substituents is 2. The molecule has 0 N–H and O–H groups in total. The average molecular weight is 358 g/mol. The fourth-order valence-electron chi connectivity index (χ4n) is 1.67. The molecule has 0 aliphatic rings. The minimum absolute atomic E-state index is 0.0568. The molecule has 6 nitrogen and oxygen atoms in total. The number of rotatable bonds is 3. The van der Waals surface area contributed by atoms with E-state index in [1.54, 1.807) is 0 Å². The van der Waals surface area contributed by atoms with Crippen molar-refractivity contribution in [3.8, 4) is 11.1 Å². The molecule has 0 saturated carbocycles. The summed E-state index contributed by atoms with van der Waals surface area (Å²) in [4.78, 5) is 20.3. The highest BCUT2D eigenvalue weighted by molar-refractivity contribution is 9.10. The minimum Gasteiger partial charge on any atom is -0.258 e. The van der Waals surface area contributed by atoms with Gasteiger partial charge in [-0.15, -0.1) is 0 Å². The molecule has 0 unspecified atom stereocenters. The number of nitro groups is 2. The molecule has 0 heterocycles. The third kappa shape index (κ3) is 2.78. The molecule has 2 aromatic carbocycles. The predicted molar refractivity (Wildman–Crippen MR) is 77.9 cm³/mol. The molecule has 0 fully saturated rings. The van der Waals surface area contributed by atoms with Crippen molar-refractivity contribution in [2.75, 3.05) is 0 Å². The molecule has 0 radical (unpaired) electrons. The van der Waals surface area contributed by atoms with Crippen molar-refractivity contribution in [3.63, 3.8) is 0 Å². The topological polar surface area (TPSA) is 86.3 Å². The average Bonchev–Trinajstić information content (AvgIpc) is 2.38. The molecule has 0 amide bonds. The molecule has 0 aliphatic heterocycles. The van der Waals surface area contributed by atoms with Gasteiger partial charge in [0, 0.05) is 34.3 Å². The standard InChI is InChI=1S/C12H6BrClN2O4/c13-11-5-7(15(17)18)1-3-9(11)10-4-2-8(16(19)20)6-12(10)14/h1-6H. The first-order valence-corrected chi connectivity index (χ1v) is 6.45. The summed E-state index contributed by atoms with van der Waals surface area (Å²) in [7, 11) is 0. The molecule has 0 saturated heterocycles. The second-order valence-corrected chi connectivity index (χ2v) is 5.10. The van der Waals surface area contributed by atoms with E-state index in [1.165, 1.54) is 36.4 Å². The quantitative estimate of drug-likeness (QED) is 0.594. The van der Waals surface area contributed by atoms with Gasteiger partial charge in [0.05, 0.1) is 14.9 Å². The first-order valence-electron chi connectivity index (χ1n) is 5.28. The maximum absolute atomic E-state index is 10.7. The van der Waals surface area contributed by atoms with Crippen molar-refractivity contribution < 1.29 is 9.85 Å². The monoisotopic (exact) mass is 356 g/mol. The van der Waals surface area contributed by atoms with Crippen LogP contribution in [-0.4, -0.2) is 9.85 Å². The summed E-state index contributed by atoms with van der Waals surface area (Å²) in [5.74, 6) is 0. The molecule has 0 aromatic heterocycles. The Balaban J connectivity index is 2.52. The first kappa shape index (κ1) is 14.4. The zero-order valence-corrected chi connectivity index (χ0v) is 12.1. The van der Waals surface area contributed by atoms with Crippen LogP contribution >= 0.6 is 27.5 Å². The number of hydrogen-bond donors (Lipinski definition) is 0. The van der Waals surface area contributed by atoms with Crippen molar-refractivity contribution in [2.45, 2.75) is 0 Å². The van der Waals surface area contributed by atoms with Crippen LogP contribution in [0.4, 0.5) is 11.4 Å². The Morgan fingerprint density at radius 1 is 0.900 bits per heavy atom. The number of halogens is 2. The second kappa shape index (κ2) is 5.56. The molecule has 0 bridgehead atoms. The molecule has 102 valence electrons. The maximum atomic E-state index is 10.7. The number of nitrogens with zero attached hydrogens (tertiary/aromatic N) is 2. The number of hydrogen-bond acceptors (Lipinski definition) is 4. The van der Waals surface area contributed by atoms with Crippen LogP contribution in [0.3, 0.4) is 0 Å². The summed E-state index contributed by atoms with van der Waals surface area (Å²) in [6.07, 6.45) is 0. The van der Waals surface area contributed by atoms with Crippen molar-refractivity contribution in [3.05, 3.63) is 66.1 Å². The fourth-order valence-corrected chi connectivity index (χ4v) is 2.53. The van der Waals surface area contributed by atoms with E-state index in [4.69, 9.17) is 11.6 Å². The van der Waals surface area contributed by atoms with E-state index in [0.717, 1.165) is 0 Å². The van der Waals surface area contributed by atoms with Crippen molar-refractivity contribution in [1.29, 1.82) is 0 Å². The molecule has 2 aromatic rings. The third-order valence-electron chi connectivity index (χ3n) is 2.62. The molecular weight excluding hydrogens is 351 g/mol. The molecule has 20 heavy (non-hydrogen) atoms. The molecule has 2 rings (SSSR count). The second-order valence-electron chi connectivity index (χ2n) is 3.84. The summed E-state index contributed by atoms with van der Waals surface area (Å²) < 4.78 is 0.488. The molecule has 0 aliphatic carbocycles. The highest BCUT2D eigenvalue weighted by Gasteiger charge is 2.15. The third-order valence-corrected chi connectivity index (χ3v) is 3.59. The summed E-state index contributed by atoms with van der Waals surface area (Å²) in [6, 6.07) is 8.31. The normalized spacial score (nSPS) is 10.3. The van der Waals surface area contributed by atoms with Crippen LogP contribution in [0.25, 0.3) is 11.1 Å². The number of benzene rings is 2. The molecule has 0 spiro atoms. The summed E-state index contributed by atoms with van der Waals surface area (Å²) in [6.45, 7) is 0. The lowest BCUT2D eigenvalue weighted by Gasteiger charge is -2.07. The van der Waals surface area contributed by atoms with Crippen LogP contribution in [0.15, 0.2) is 40.9 Å². The Labute approximate surface area is 126 Å². The van der Waals surface area contributed by atoms with E-state index >= 15 is 0 Å². The first-order chi connectivity index (χ1) is 9.40. The predicted octanol–water partition coefficient (Wildman–Crippen LogP) is 4.59. The van der Waals surface area contributed by atoms with Crippen molar-refractivity contribution in [1.82, 2.24) is 0 Å². The van der Waals surface area contributed by atoms with Crippen LogP contribution in [0.1, 0.15) is 0 Å². The minimum atomic E-state index is -0.541. The smallest absolute Gasteiger partial charge is 0.258 e. The Hall–Kier alpha value is -1.99. The van der Waals surface area contributed by atoms with Crippen LogP contribution < -0.4 is 0 Å². The van der Waals surface area contributed by atoms with Gasteiger partial charge in [-0.1, -0.05) is 11.6 Å². The van der Waals surface area contributed by atoms with Crippen LogP contribution in [0.5, 0.6) is 0 Å². The number of nitro benzene ring substituents is 2. The van der Waals surface area contributed by atoms with Gasteiger partial charge in [0.15, 0.2) is 0 Å². The van der Waals surface area contributed by atoms with Gasteiger partial charge in [0.1, 0.15) is 0 Å². The zero-order valence-electron chi connectivity index (χ0n) is 9.75. The fraction of sp³-hybridized carbons (Fsp3) is 0. The lowest BCUT2D eigenvalue weighted by Crippen LogP contribution is -1.91. The van der Waals surface area contributed by atoms with Gasteiger partial charge in [-0.25, -0.2) is 0 Å². The Morgan fingerprint density at radius 2 is 1.40 bits per heavy atom. The van der Waals surface area contributed by atoms with Gasteiger partial charge >= 0.3 is 0 Å². The highest BCUT2D eigenvalue weighted by atomic mass is 79.9. The Morgan fingerprint density at radius 3 is 1.85 bits per heavy atom. The van der Waals surface area contributed by atoms with Gasteiger partial charge in [0.25, 0.3) is 11.4 Å². The van der Waals surface area contributed by atoms with Crippen molar-refractivity contribution in [2.24, 2.45) is 0 Å². The molecule has 0 atom stereocenters. The van der Waals surface area contributed by atoms with Gasteiger partial charge in [-0.2, -0.15) is 0 Å². The van der Waals surface area contributed by atoms with Gasteiger partial charge in [-0.05, 0) is 33.6 Å². The van der Waals surface area contributed by atoms with Crippen LogP contribution in [0, 0.1) is 20.2 Å². The van der Waals surface area contributed by atoms with E-state index in [1.807, 2.05) is 0 Å². The summed E-state index contributed by atoms with van der Waals surface area (Å²) >= 11 is 9.26. The van der Waals surface area contributed by atoms with E-state index in [0.29, 0.717) is 15.6 Å². The zero-order chi connectivity index (χ0) is 14.9.